The molecular formula is C15H29F3N2. The zero-order valence-corrected chi connectivity index (χ0v) is 13.2. The number of rotatable bonds is 6. The van der Waals surface area contributed by atoms with Crippen molar-refractivity contribution in [2.24, 2.45) is 11.3 Å². The van der Waals surface area contributed by atoms with E-state index in [1.54, 1.807) is 7.05 Å². The fraction of sp³-hybridized carbons (Fsp3) is 1.00. The van der Waals surface area contributed by atoms with Gasteiger partial charge in [-0.1, -0.05) is 20.8 Å². The van der Waals surface area contributed by atoms with E-state index < -0.39 is 12.7 Å². The van der Waals surface area contributed by atoms with E-state index in [0.29, 0.717) is 18.5 Å². The normalized spacial score (nSPS) is 27.0. The molecule has 0 heterocycles. The summed E-state index contributed by atoms with van der Waals surface area (Å²) in [5.74, 6) is 0.303. The number of alkyl halides is 3. The van der Waals surface area contributed by atoms with Crippen LogP contribution >= 0.6 is 0 Å². The summed E-state index contributed by atoms with van der Waals surface area (Å²) in [7, 11) is 1.58. The van der Waals surface area contributed by atoms with Crippen molar-refractivity contribution >= 4 is 0 Å². The Labute approximate surface area is 121 Å². The van der Waals surface area contributed by atoms with Gasteiger partial charge in [0.2, 0.25) is 0 Å². The molecule has 0 aromatic heterocycles. The summed E-state index contributed by atoms with van der Waals surface area (Å²) < 4.78 is 37.4. The molecular weight excluding hydrogens is 265 g/mol. The highest BCUT2D eigenvalue weighted by Crippen LogP contribution is 2.39. The van der Waals surface area contributed by atoms with Gasteiger partial charge in [-0.2, -0.15) is 13.2 Å². The van der Waals surface area contributed by atoms with Crippen LogP contribution in [0.2, 0.25) is 0 Å². The van der Waals surface area contributed by atoms with E-state index in [9.17, 15) is 13.2 Å². The molecule has 0 saturated heterocycles. The fourth-order valence-electron chi connectivity index (χ4n) is 3.30. The van der Waals surface area contributed by atoms with Gasteiger partial charge in [0, 0.05) is 12.6 Å². The molecule has 1 saturated carbocycles. The summed E-state index contributed by atoms with van der Waals surface area (Å²) in [5.41, 5.74) is 0.244. The molecule has 1 aliphatic rings. The third kappa shape index (κ3) is 6.44. The van der Waals surface area contributed by atoms with Crippen LogP contribution in [0.4, 0.5) is 13.2 Å². The second-order valence-corrected chi connectivity index (χ2v) is 7.04. The molecule has 2 unspecified atom stereocenters. The summed E-state index contributed by atoms with van der Waals surface area (Å²) in [5, 5.41) is 3.52. The van der Waals surface area contributed by atoms with Crippen LogP contribution in [0.15, 0.2) is 0 Å². The average molecular weight is 294 g/mol. The highest BCUT2D eigenvalue weighted by atomic mass is 19.4. The number of nitrogens with one attached hydrogen (secondary N) is 1. The maximum Gasteiger partial charge on any atom is 0.401 e. The number of hydrogen-bond acceptors (Lipinski definition) is 2. The molecule has 2 nitrogen and oxygen atoms in total. The lowest BCUT2D eigenvalue weighted by molar-refractivity contribution is -0.145. The Morgan fingerprint density at radius 1 is 1.30 bits per heavy atom. The average Bonchev–Trinajstić information content (AvgIpc) is 2.24. The zero-order valence-electron chi connectivity index (χ0n) is 13.2. The summed E-state index contributed by atoms with van der Waals surface area (Å²) >= 11 is 0. The predicted molar refractivity (Wildman–Crippen MR) is 76.8 cm³/mol. The van der Waals surface area contributed by atoms with Crippen LogP contribution < -0.4 is 5.32 Å². The Bertz CT molecular complexity index is 289. The molecule has 0 spiro atoms. The first kappa shape index (κ1) is 17.8. The molecule has 2 atom stereocenters. The lowest BCUT2D eigenvalue weighted by atomic mass is 9.69. The molecule has 0 amide bonds. The van der Waals surface area contributed by atoms with Crippen molar-refractivity contribution in [3.05, 3.63) is 0 Å². The molecule has 0 radical (unpaired) electrons. The Balaban J connectivity index is 2.59. The summed E-state index contributed by atoms with van der Waals surface area (Å²) in [6.07, 6.45) is 0.165. The Morgan fingerprint density at radius 2 is 1.95 bits per heavy atom. The minimum absolute atomic E-state index is 0.244. The van der Waals surface area contributed by atoms with Crippen molar-refractivity contribution in [3.63, 3.8) is 0 Å². The van der Waals surface area contributed by atoms with Gasteiger partial charge in [0.15, 0.2) is 0 Å². The lowest BCUT2D eigenvalue weighted by Gasteiger charge is -2.42. The first-order valence-corrected chi connectivity index (χ1v) is 7.61. The molecule has 120 valence electrons. The van der Waals surface area contributed by atoms with Crippen LogP contribution in [-0.4, -0.2) is 43.8 Å². The van der Waals surface area contributed by atoms with E-state index in [2.05, 4.69) is 26.1 Å². The molecule has 0 aromatic carbocycles. The van der Waals surface area contributed by atoms with Crippen molar-refractivity contribution in [3.8, 4) is 0 Å². The predicted octanol–water partition coefficient (Wildman–Crippen LogP) is 3.68. The van der Waals surface area contributed by atoms with Gasteiger partial charge in [-0.15, -0.1) is 0 Å². The van der Waals surface area contributed by atoms with E-state index in [4.69, 9.17) is 0 Å². The standard InChI is InChI=1S/C15H29F3N2/c1-5-8-19-13-6-7-14(2,3)9-12(13)10-20(4)11-15(16,17)18/h12-13,19H,5-11H2,1-4H3. The minimum atomic E-state index is -4.11. The topological polar surface area (TPSA) is 15.3 Å². The maximum absolute atomic E-state index is 12.5. The van der Waals surface area contributed by atoms with E-state index in [1.165, 1.54) is 4.90 Å². The van der Waals surface area contributed by atoms with E-state index >= 15 is 0 Å². The fourth-order valence-corrected chi connectivity index (χ4v) is 3.30. The van der Waals surface area contributed by atoms with Gasteiger partial charge in [0.25, 0.3) is 0 Å². The lowest BCUT2D eigenvalue weighted by Crippen LogP contribution is -2.48. The monoisotopic (exact) mass is 294 g/mol. The first-order chi connectivity index (χ1) is 9.13. The molecule has 0 aromatic rings. The van der Waals surface area contributed by atoms with Gasteiger partial charge in [0.1, 0.15) is 0 Å². The third-order valence-electron chi connectivity index (χ3n) is 4.17. The smallest absolute Gasteiger partial charge is 0.314 e. The SMILES string of the molecule is CCCNC1CCC(C)(C)CC1CN(C)CC(F)(F)F. The van der Waals surface area contributed by atoms with E-state index in [1.807, 2.05) is 0 Å². The van der Waals surface area contributed by atoms with Gasteiger partial charge in [-0.3, -0.25) is 4.90 Å². The molecule has 0 bridgehead atoms. The van der Waals surface area contributed by atoms with Gasteiger partial charge < -0.3 is 5.32 Å². The minimum Gasteiger partial charge on any atom is -0.314 e. The molecule has 1 N–H and O–H groups in total. The van der Waals surface area contributed by atoms with Crippen LogP contribution in [0.25, 0.3) is 0 Å². The maximum atomic E-state index is 12.5. The van der Waals surface area contributed by atoms with Crippen molar-refractivity contribution in [1.82, 2.24) is 10.2 Å². The van der Waals surface area contributed by atoms with Crippen LogP contribution in [0.5, 0.6) is 0 Å². The Morgan fingerprint density at radius 3 is 2.50 bits per heavy atom. The second kappa shape index (κ2) is 7.12. The number of halogens is 3. The van der Waals surface area contributed by atoms with Gasteiger partial charge in [-0.25, -0.2) is 0 Å². The molecule has 1 fully saturated rings. The summed E-state index contributed by atoms with van der Waals surface area (Å²) in [4.78, 5) is 1.42. The molecule has 1 aliphatic carbocycles. The first-order valence-electron chi connectivity index (χ1n) is 7.61. The van der Waals surface area contributed by atoms with Gasteiger partial charge in [-0.05, 0) is 50.6 Å². The molecule has 1 rings (SSSR count). The second-order valence-electron chi connectivity index (χ2n) is 7.04. The number of nitrogens with zero attached hydrogens (tertiary/aromatic N) is 1. The van der Waals surface area contributed by atoms with Crippen LogP contribution in [0.1, 0.15) is 46.5 Å². The van der Waals surface area contributed by atoms with Crippen molar-refractivity contribution in [2.75, 3.05) is 26.7 Å². The molecule has 0 aliphatic heterocycles. The molecule has 20 heavy (non-hydrogen) atoms. The third-order valence-corrected chi connectivity index (χ3v) is 4.17. The van der Waals surface area contributed by atoms with E-state index in [0.717, 1.165) is 32.2 Å². The van der Waals surface area contributed by atoms with Crippen molar-refractivity contribution in [1.29, 1.82) is 0 Å². The Kier molecular flexibility index (Phi) is 6.32. The van der Waals surface area contributed by atoms with Crippen LogP contribution in [0.3, 0.4) is 0 Å². The summed E-state index contributed by atoms with van der Waals surface area (Å²) in [6, 6.07) is 0.360. The van der Waals surface area contributed by atoms with Crippen LogP contribution in [0, 0.1) is 11.3 Å². The van der Waals surface area contributed by atoms with Crippen molar-refractivity contribution in [2.45, 2.75) is 58.7 Å². The van der Waals surface area contributed by atoms with Gasteiger partial charge >= 0.3 is 6.18 Å². The summed E-state index contributed by atoms with van der Waals surface area (Å²) in [6.45, 7) is 7.21. The Hall–Kier alpha value is -0.290. The number of hydrogen-bond donors (Lipinski definition) is 1. The van der Waals surface area contributed by atoms with Crippen LogP contribution in [-0.2, 0) is 0 Å². The molecule has 5 heteroatoms. The van der Waals surface area contributed by atoms with Crippen molar-refractivity contribution < 1.29 is 13.2 Å². The highest BCUT2D eigenvalue weighted by Gasteiger charge is 2.36. The zero-order chi connectivity index (χ0) is 15.4. The highest BCUT2D eigenvalue weighted by molar-refractivity contribution is 4.90. The van der Waals surface area contributed by atoms with E-state index in [-0.39, 0.29) is 5.41 Å². The largest absolute Gasteiger partial charge is 0.401 e. The quantitative estimate of drug-likeness (QED) is 0.804. The van der Waals surface area contributed by atoms with Gasteiger partial charge in [0.05, 0.1) is 6.54 Å².